The molecule has 1 aromatic carbocycles. The van der Waals surface area contributed by atoms with Crippen molar-refractivity contribution < 1.29 is 9.18 Å². The zero-order valence-corrected chi connectivity index (χ0v) is 15.7. The van der Waals surface area contributed by atoms with Gasteiger partial charge in [-0.3, -0.25) is 4.79 Å². The van der Waals surface area contributed by atoms with Crippen molar-refractivity contribution in [3.8, 4) is 0 Å². The van der Waals surface area contributed by atoms with Gasteiger partial charge >= 0.3 is 0 Å². The van der Waals surface area contributed by atoms with Crippen LogP contribution in [-0.2, 0) is 11.2 Å². The maximum Gasteiger partial charge on any atom is 0.223 e. The number of thioether (sulfide) groups is 1. The summed E-state index contributed by atoms with van der Waals surface area (Å²) < 4.78 is 13.0. The van der Waals surface area contributed by atoms with Crippen LogP contribution in [0.1, 0.15) is 24.8 Å². The number of rotatable bonds is 8. The minimum Gasteiger partial charge on any atom is -0.345 e. The summed E-state index contributed by atoms with van der Waals surface area (Å²) in [5, 5.41) is 0. The van der Waals surface area contributed by atoms with Gasteiger partial charge in [0.15, 0.2) is 0 Å². The van der Waals surface area contributed by atoms with E-state index in [-0.39, 0.29) is 11.7 Å². The molecule has 134 valence electrons. The zero-order valence-electron chi connectivity index (χ0n) is 14.8. The summed E-state index contributed by atoms with van der Waals surface area (Å²) in [5.41, 5.74) is 1.18. The van der Waals surface area contributed by atoms with Gasteiger partial charge in [0.25, 0.3) is 0 Å². The molecular weight excluding hydrogens is 323 g/mol. The number of carbonyl (C=O) groups excluding carboxylic acids is 1. The second-order valence-electron chi connectivity index (χ2n) is 6.70. The molecule has 1 aromatic rings. The van der Waals surface area contributed by atoms with Gasteiger partial charge in [0.2, 0.25) is 5.91 Å². The molecule has 0 unspecified atom stereocenters. The van der Waals surface area contributed by atoms with Crippen molar-refractivity contribution in [1.29, 1.82) is 0 Å². The van der Waals surface area contributed by atoms with E-state index >= 15 is 0 Å². The topological polar surface area (TPSA) is 23.6 Å². The van der Waals surface area contributed by atoms with Crippen molar-refractivity contribution in [2.24, 2.45) is 5.92 Å². The third kappa shape index (κ3) is 6.44. The number of amides is 1. The fourth-order valence-corrected chi connectivity index (χ4v) is 3.69. The fraction of sp³-hybridized carbons (Fsp3) is 0.632. The SMILES string of the molecule is CSCCC(=O)N(C)C[C@@H]1CCCN(CCc2ccc(F)cc2)C1. The van der Waals surface area contributed by atoms with E-state index < -0.39 is 0 Å². The molecule has 0 bridgehead atoms. The predicted molar refractivity (Wildman–Crippen MR) is 99.9 cm³/mol. The molecule has 5 heteroatoms. The Labute approximate surface area is 149 Å². The lowest BCUT2D eigenvalue weighted by Crippen LogP contribution is -2.42. The molecule has 0 aliphatic carbocycles. The van der Waals surface area contributed by atoms with Crippen molar-refractivity contribution in [3.05, 3.63) is 35.6 Å². The molecule has 0 spiro atoms. The molecule has 1 amide bonds. The first-order valence-corrected chi connectivity index (χ1v) is 10.2. The number of hydrogen-bond donors (Lipinski definition) is 0. The Hall–Kier alpha value is -1.07. The lowest BCUT2D eigenvalue weighted by molar-refractivity contribution is -0.130. The Kier molecular flexibility index (Phi) is 8.06. The van der Waals surface area contributed by atoms with Crippen molar-refractivity contribution in [1.82, 2.24) is 9.80 Å². The Morgan fingerprint density at radius 2 is 2.12 bits per heavy atom. The molecule has 1 fully saturated rings. The van der Waals surface area contributed by atoms with E-state index in [1.807, 2.05) is 30.3 Å². The average molecular weight is 353 g/mol. The monoisotopic (exact) mass is 352 g/mol. The highest BCUT2D eigenvalue weighted by atomic mass is 32.2. The number of nitrogens with zero attached hydrogens (tertiary/aromatic N) is 2. The predicted octanol–water partition coefficient (Wildman–Crippen LogP) is 3.29. The van der Waals surface area contributed by atoms with Gasteiger partial charge in [0.1, 0.15) is 5.82 Å². The third-order valence-corrected chi connectivity index (χ3v) is 5.32. The van der Waals surface area contributed by atoms with E-state index in [1.54, 1.807) is 11.8 Å². The molecule has 24 heavy (non-hydrogen) atoms. The normalized spacial score (nSPS) is 18.5. The number of piperidine rings is 1. The number of halogens is 1. The van der Waals surface area contributed by atoms with Crippen LogP contribution in [0.4, 0.5) is 4.39 Å². The summed E-state index contributed by atoms with van der Waals surface area (Å²) in [6, 6.07) is 6.80. The van der Waals surface area contributed by atoms with Gasteiger partial charge in [0.05, 0.1) is 0 Å². The third-order valence-electron chi connectivity index (χ3n) is 4.71. The zero-order chi connectivity index (χ0) is 17.4. The molecule has 2 rings (SSSR count). The quantitative estimate of drug-likeness (QED) is 0.717. The second-order valence-corrected chi connectivity index (χ2v) is 7.69. The van der Waals surface area contributed by atoms with Crippen LogP contribution < -0.4 is 0 Å². The minimum atomic E-state index is -0.175. The molecule has 3 nitrogen and oxygen atoms in total. The number of likely N-dealkylation sites (tertiary alicyclic amines) is 1. The molecule has 0 N–H and O–H groups in total. The Balaban J connectivity index is 1.74. The summed E-state index contributed by atoms with van der Waals surface area (Å²) in [7, 11) is 1.93. The molecule has 0 radical (unpaired) electrons. The first-order chi connectivity index (χ1) is 11.6. The minimum absolute atomic E-state index is 0.175. The van der Waals surface area contributed by atoms with Crippen LogP contribution in [0.25, 0.3) is 0 Å². The Morgan fingerprint density at radius 3 is 2.83 bits per heavy atom. The molecule has 1 aliphatic rings. The summed E-state index contributed by atoms with van der Waals surface area (Å²) in [6.07, 6.45) is 6.02. The van der Waals surface area contributed by atoms with E-state index in [0.717, 1.165) is 38.4 Å². The first-order valence-electron chi connectivity index (χ1n) is 8.78. The summed E-state index contributed by atoms with van der Waals surface area (Å²) in [4.78, 5) is 16.5. The average Bonchev–Trinajstić information content (AvgIpc) is 2.59. The van der Waals surface area contributed by atoms with Crippen molar-refractivity contribution in [2.45, 2.75) is 25.7 Å². The Bertz CT molecular complexity index is 509. The molecule has 0 aromatic heterocycles. The van der Waals surface area contributed by atoms with Crippen LogP contribution in [0.2, 0.25) is 0 Å². The van der Waals surface area contributed by atoms with Crippen molar-refractivity contribution in [2.75, 3.05) is 45.2 Å². The van der Waals surface area contributed by atoms with E-state index in [9.17, 15) is 9.18 Å². The van der Waals surface area contributed by atoms with Crippen LogP contribution >= 0.6 is 11.8 Å². The van der Waals surface area contributed by atoms with Gasteiger partial charge in [-0.2, -0.15) is 11.8 Å². The lowest BCUT2D eigenvalue weighted by Gasteiger charge is -2.34. The van der Waals surface area contributed by atoms with Gasteiger partial charge in [-0.1, -0.05) is 12.1 Å². The summed E-state index contributed by atoms with van der Waals surface area (Å²) >= 11 is 1.72. The van der Waals surface area contributed by atoms with Crippen LogP contribution in [-0.4, -0.2) is 60.9 Å². The maximum atomic E-state index is 13.0. The molecule has 0 saturated carbocycles. The lowest BCUT2D eigenvalue weighted by atomic mass is 9.97. The second kappa shape index (κ2) is 10.0. The van der Waals surface area contributed by atoms with Crippen molar-refractivity contribution >= 4 is 17.7 Å². The van der Waals surface area contributed by atoms with E-state index in [2.05, 4.69) is 4.90 Å². The van der Waals surface area contributed by atoms with Crippen LogP contribution in [0.15, 0.2) is 24.3 Å². The molecular formula is C19H29FN2OS. The van der Waals surface area contributed by atoms with Gasteiger partial charge in [-0.25, -0.2) is 4.39 Å². The molecule has 1 aliphatic heterocycles. The summed E-state index contributed by atoms with van der Waals surface area (Å²) in [6.45, 7) is 4.05. The summed E-state index contributed by atoms with van der Waals surface area (Å²) in [5.74, 6) is 1.55. The van der Waals surface area contributed by atoms with Crippen LogP contribution in [0.5, 0.6) is 0 Å². The van der Waals surface area contributed by atoms with E-state index in [1.165, 1.54) is 30.5 Å². The van der Waals surface area contributed by atoms with Gasteiger partial charge in [-0.05, 0) is 55.7 Å². The van der Waals surface area contributed by atoms with Crippen LogP contribution in [0, 0.1) is 11.7 Å². The first kappa shape index (κ1) is 19.3. The smallest absolute Gasteiger partial charge is 0.223 e. The fourth-order valence-electron chi connectivity index (χ4n) is 3.31. The highest BCUT2D eigenvalue weighted by Crippen LogP contribution is 2.18. The van der Waals surface area contributed by atoms with Gasteiger partial charge < -0.3 is 9.80 Å². The van der Waals surface area contributed by atoms with E-state index in [0.29, 0.717) is 12.3 Å². The highest BCUT2D eigenvalue weighted by molar-refractivity contribution is 7.98. The standard InChI is InChI=1S/C19H29FN2OS/c1-21(19(23)10-13-24-2)14-17-4-3-11-22(15-17)12-9-16-5-7-18(20)8-6-16/h5-8,17H,3-4,9-15H2,1-2H3/t17-/m0/s1. The molecule has 1 heterocycles. The molecule has 1 atom stereocenters. The molecule has 1 saturated heterocycles. The maximum absolute atomic E-state index is 13.0. The number of benzene rings is 1. The van der Waals surface area contributed by atoms with Gasteiger partial charge in [0, 0.05) is 38.9 Å². The van der Waals surface area contributed by atoms with E-state index in [4.69, 9.17) is 0 Å². The highest BCUT2D eigenvalue weighted by Gasteiger charge is 2.22. The van der Waals surface area contributed by atoms with Gasteiger partial charge in [-0.15, -0.1) is 0 Å². The number of carbonyl (C=O) groups is 1. The van der Waals surface area contributed by atoms with Crippen molar-refractivity contribution in [3.63, 3.8) is 0 Å². The number of hydrogen-bond acceptors (Lipinski definition) is 3. The van der Waals surface area contributed by atoms with Crippen LogP contribution in [0.3, 0.4) is 0 Å². The largest absolute Gasteiger partial charge is 0.345 e. The Morgan fingerprint density at radius 1 is 1.38 bits per heavy atom.